The Bertz CT molecular complexity index is 733. The molecule has 3 rings (SSSR count). The van der Waals surface area contributed by atoms with Crippen molar-refractivity contribution in [2.45, 2.75) is 38.6 Å². The van der Waals surface area contributed by atoms with Crippen LogP contribution in [0.4, 0.5) is 0 Å². The van der Waals surface area contributed by atoms with Crippen molar-refractivity contribution in [1.29, 1.82) is 0 Å². The van der Waals surface area contributed by atoms with E-state index in [0.717, 1.165) is 28.6 Å². The van der Waals surface area contributed by atoms with Crippen molar-refractivity contribution in [2.24, 2.45) is 0 Å². The van der Waals surface area contributed by atoms with E-state index in [1.54, 1.807) is 7.11 Å². The number of hydrogen-bond donors (Lipinski definition) is 2. The van der Waals surface area contributed by atoms with Gasteiger partial charge in [0.2, 0.25) is 0 Å². The van der Waals surface area contributed by atoms with Crippen LogP contribution in [-0.2, 0) is 5.66 Å². The summed E-state index contributed by atoms with van der Waals surface area (Å²) in [6, 6.07) is 14.1. The minimum Gasteiger partial charge on any atom is -0.497 e. The maximum absolute atomic E-state index is 6.04. The van der Waals surface area contributed by atoms with E-state index in [1.165, 1.54) is 5.56 Å². The fourth-order valence-corrected chi connectivity index (χ4v) is 3.35. The molecule has 0 saturated carbocycles. The molecule has 5 heteroatoms. The maximum Gasteiger partial charge on any atom is 0.129 e. The summed E-state index contributed by atoms with van der Waals surface area (Å²) in [5.74, 6) is 1.61. The van der Waals surface area contributed by atoms with Crippen molar-refractivity contribution in [3.63, 3.8) is 0 Å². The number of rotatable bonds is 5. The number of ether oxygens (including phenoxy) is 2. The molecular formula is C20H25ClN2O2. The molecule has 2 N–H and O–H groups in total. The summed E-state index contributed by atoms with van der Waals surface area (Å²) in [6.07, 6.45) is 0.0860. The lowest BCUT2D eigenvalue weighted by Crippen LogP contribution is -2.43. The highest BCUT2D eigenvalue weighted by Gasteiger charge is 2.38. The van der Waals surface area contributed by atoms with Gasteiger partial charge in [0.1, 0.15) is 11.5 Å². The average molecular weight is 361 g/mol. The van der Waals surface area contributed by atoms with Crippen molar-refractivity contribution in [1.82, 2.24) is 10.6 Å². The first-order chi connectivity index (χ1) is 11.9. The van der Waals surface area contributed by atoms with Crippen molar-refractivity contribution in [3.05, 3.63) is 58.6 Å². The Kier molecular flexibility index (Phi) is 5.23. The molecular weight excluding hydrogens is 336 g/mol. The molecule has 1 saturated heterocycles. The molecule has 0 bridgehead atoms. The molecule has 0 spiro atoms. The first kappa shape index (κ1) is 18.1. The molecule has 0 aromatic heterocycles. The van der Waals surface area contributed by atoms with Crippen LogP contribution in [0, 0.1) is 0 Å². The third kappa shape index (κ3) is 3.92. The van der Waals surface area contributed by atoms with Crippen molar-refractivity contribution in [3.8, 4) is 11.5 Å². The van der Waals surface area contributed by atoms with E-state index < -0.39 is 0 Å². The molecule has 1 aliphatic heterocycles. The summed E-state index contributed by atoms with van der Waals surface area (Å²) in [4.78, 5) is 0. The molecule has 2 unspecified atom stereocenters. The van der Waals surface area contributed by atoms with Crippen LogP contribution in [0.1, 0.15) is 37.9 Å². The first-order valence-corrected chi connectivity index (χ1v) is 8.92. The summed E-state index contributed by atoms with van der Waals surface area (Å²) in [5, 5.41) is 8.04. The standard InChI is InChI=1S/C20H25ClN2O2/c1-13(2)25-19-11-16(24-4)9-10-17(19)20(3)22-12-18(23-20)14-5-7-15(21)8-6-14/h5-11,13,18,22-23H,12H2,1-4H3. The van der Waals surface area contributed by atoms with Gasteiger partial charge in [-0.1, -0.05) is 23.7 Å². The molecule has 0 aliphatic carbocycles. The smallest absolute Gasteiger partial charge is 0.129 e. The van der Waals surface area contributed by atoms with Crippen LogP contribution in [0.25, 0.3) is 0 Å². The molecule has 0 amide bonds. The Morgan fingerprint density at radius 1 is 1.16 bits per heavy atom. The SMILES string of the molecule is COc1ccc(C2(C)NCC(c3ccc(Cl)cc3)N2)c(OC(C)C)c1. The molecule has 4 nitrogen and oxygen atoms in total. The zero-order valence-electron chi connectivity index (χ0n) is 15.1. The summed E-state index contributed by atoms with van der Waals surface area (Å²) in [5.41, 5.74) is 1.89. The maximum atomic E-state index is 6.04. The van der Waals surface area contributed by atoms with Crippen LogP contribution in [0.15, 0.2) is 42.5 Å². The van der Waals surface area contributed by atoms with Gasteiger partial charge in [0, 0.05) is 29.2 Å². The fourth-order valence-electron chi connectivity index (χ4n) is 3.22. The third-order valence-corrected chi connectivity index (χ3v) is 4.74. The number of methoxy groups -OCH3 is 1. The third-order valence-electron chi connectivity index (χ3n) is 4.49. The van der Waals surface area contributed by atoms with Gasteiger partial charge in [-0.05, 0) is 50.6 Å². The van der Waals surface area contributed by atoms with E-state index >= 15 is 0 Å². The van der Waals surface area contributed by atoms with Gasteiger partial charge in [-0.15, -0.1) is 0 Å². The highest BCUT2D eigenvalue weighted by molar-refractivity contribution is 6.30. The molecule has 0 radical (unpaired) electrons. The van der Waals surface area contributed by atoms with Crippen molar-refractivity contribution in [2.75, 3.05) is 13.7 Å². The highest BCUT2D eigenvalue weighted by Crippen LogP contribution is 2.36. The quantitative estimate of drug-likeness (QED) is 0.836. The summed E-state index contributed by atoms with van der Waals surface area (Å²) in [7, 11) is 1.67. The van der Waals surface area contributed by atoms with Crippen molar-refractivity contribution >= 4 is 11.6 Å². The molecule has 1 heterocycles. The largest absolute Gasteiger partial charge is 0.497 e. The van der Waals surface area contributed by atoms with Gasteiger partial charge in [-0.3, -0.25) is 10.6 Å². The topological polar surface area (TPSA) is 42.5 Å². The first-order valence-electron chi connectivity index (χ1n) is 8.54. The molecule has 2 aromatic carbocycles. The van der Waals surface area contributed by atoms with E-state index in [9.17, 15) is 0 Å². The van der Waals surface area contributed by atoms with E-state index in [2.05, 4.69) is 35.8 Å². The molecule has 2 atom stereocenters. The average Bonchev–Trinajstić information content (AvgIpc) is 2.98. The van der Waals surface area contributed by atoms with E-state index in [0.29, 0.717) is 0 Å². The van der Waals surface area contributed by atoms with Crippen LogP contribution in [0.3, 0.4) is 0 Å². The Morgan fingerprint density at radius 2 is 1.88 bits per heavy atom. The summed E-state index contributed by atoms with van der Waals surface area (Å²) in [6.45, 7) is 7.01. The molecule has 2 aromatic rings. The van der Waals surface area contributed by atoms with Gasteiger partial charge < -0.3 is 9.47 Å². The molecule has 134 valence electrons. The molecule has 1 fully saturated rings. The minimum atomic E-state index is -0.388. The van der Waals surface area contributed by atoms with E-state index in [1.807, 2.05) is 38.1 Å². The van der Waals surface area contributed by atoms with Crippen LogP contribution in [0.5, 0.6) is 11.5 Å². The fraction of sp³-hybridized carbons (Fsp3) is 0.400. The van der Waals surface area contributed by atoms with E-state index in [-0.39, 0.29) is 17.8 Å². The van der Waals surface area contributed by atoms with Crippen LogP contribution in [-0.4, -0.2) is 19.8 Å². The second-order valence-electron chi connectivity index (χ2n) is 6.78. The lowest BCUT2D eigenvalue weighted by atomic mass is 10.00. The van der Waals surface area contributed by atoms with Gasteiger partial charge in [-0.25, -0.2) is 0 Å². The molecule has 1 aliphatic rings. The normalized spacial score (nSPS) is 23.0. The summed E-state index contributed by atoms with van der Waals surface area (Å²) < 4.78 is 11.4. The second-order valence-corrected chi connectivity index (χ2v) is 7.22. The van der Waals surface area contributed by atoms with Crippen LogP contribution in [0.2, 0.25) is 5.02 Å². The number of halogens is 1. The van der Waals surface area contributed by atoms with Gasteiger partial charge >= 0.3 is 0 Å². The van der Waals surface area contributed by atoms with Gasteiger partial charge in [0.05, 0.1) is 18.9 Å². The van der Waals surface area contributed by atoms with Gasteiger partial charge in [0.25, 0.3) is 0 Å². The number of hydrogen-bond acceptors (Lipinski definition) is 4. The Hall–Kier alpha value is -1.75. The van der Waals surface area contributed by atoms with Crippen LogP contribution < -0.4 is 20.1 Å². The van der Waals surface area contributed by atoms with E-state index in [4.69, 9.17) is 21.1 Å². The lowest BCUT2D eigenvalue weighted by Gasteiger charge is -2.29. The Labute approximate surface area is 154 Å². The molecule has 25 heavy (non-hydrogen) atoms. The van der Waals surface area contributed by atoms with Crippen molar-refractivity contribution < 1.29 is 9.47 Å². The zero-order chi connectivity index (χ0) is 18.0. The minimum absolute atomic E-state index is 0.0860. The highest BCUT2D eigenvalue weighted by atomic mass is 35.5. The zero-order valence-corrected chi connectivity index (χ0v) is 15.9. The number of benzene rings is 2. The lowest BCUT2D eigenvalue weighted by molar-refractivity contribution is 0.229. The Morgan fingerprint density at radius 3 is 2.52 bits per heavy atom. The monoisotopic (exact) mass is 360 g/mol. The predicted octanol–water partition coefficient (Wildman–Crippen LogP) is 4.24. The number of nitrogens with one attached hydrogen (secondary N) is 2. The summed E-state index contributed by atoms with van der Waals surface area (Å²) >= 11 is 6.00. The predicted molar refractivity (Wildman–Crippen MR) is 101 cm³/mol. The second kappa shape index (κ2) is 7.24. The van der Waals surface area contributed by atoms with Gasteiger partial charge in [-0.2, -0.15) is 0 Å². The Balaban J connectivity index is 1.89. The van der Waals surface area contributed by atoms with Gasteiger partial charge in [0.15, 0.2) is 0 Å². The van der Waals surface area contributed by atoms with Crippen LogP contribution >= 0.6 is 11.6 Å².